The van der Waals surface area contributed by atoms with E-state index in [1.165, 1.54) is 0 Å². The molecule has 1 aromatic carbocycles. The minimum absolute atomic E-state index is 0.0563. The number of anilines is 1. The highest BCUT2D eigenvalue weighted by Gasteiger charge is 2.25. The lowest BCUT2D eigenvalue weighted by molar-refractivity contribution is 0.428. The van der Waals surface area contributed by atoms with Crippen LogP contribution in [0.3, 0.4) is 0 Å². The van der Waals surface area contributed by atoms with E-state index in [0.29, 0.717) is 0 Å². The Morgan fingerprint density at radius 2 is 1.88 bits per heavy atom. The highest BCUT2D eigenvalue weighted by molar-refractivity contribution is 9.10. The molecule has 0 unspecified atom stereocenters. The fourth-order valence-corrected chi connectivity index (χ4v) is 1.98. The maximum absolute atomic E-state index is 13.6. The molecule has 1 heterocycles. The highest BCUT2D eigenvalue weighted by Crippen LogP contribution is 2.38. The summed E-state index contributed by atoms with van der Waals surface area (Å²) < 4.78 is 44.3. The third-order valence-electron chi connectivity index (χ3n) is 1.98. The van der Waals surface area contributed by atoms with E-state index in [1.54, 1.807) is 0 Å². The topological polar surface area (TPSA) is 52.0 Å². The van der Waals surface area contributed by atoms with Crippen LogP contribution in [0.1, 0.15) is 0 Å². The molecule has 2 N–H and O–H groups in total. The van der Waals surface area contributed by atoms with Crippen molar-refractivity contribution in [3.8, 4) is 11.3 Å². The van der Waals surface area contributed by atoms with Gasteiger partial charge in [-0.25, -0.2) is 13.2 Å². The first kappa shape index (κ1) is 12.3. The van der Waals surface area contributed by atoms with Gasteiger partial charge in [-0.2, -0.15) is 0 Å². The van der Waals surface area contributed by atoms with Crippen molar-refractivity contribution in [1.82, 2.24) is 5.16 Å². The molecule has 0 atom stereocenters. The van der Waals surface area contributed by atoms with Crippen LogP contribution in [0.2, 0.25) is 5.02 Å². The Labute approximate surface area is 106 Å². The molecule has 17 heavy (non-hydrogen) atoms. The number of hydrogen-bond acceptors (Lipinski definition) is 3. The number of halogens is 5. The molecule has 0 aliphatic rings. The fourth-order valence-electron chi connectivity index (χ4n) is 1.23. The lowest BCUT2D eigenvalue weighted by atomic mass is 10.1. The van der Waals surface area contributed by atoms with Crippen molar-refractivity contribution < 1.29 is 17.7 Å². The SMILES string of the molecule is Nc1cc(-c2c(F)c(F)c(Br)c(F)c2Cl)on1. The van der Waals surface area contributed by atoms with Crippen LogP contribution in [0.25, 0.3) is 11.3 Å². The van der Waals surface area contributed by atoms with Gasteiger partial charge in [-0.15, -0.1) is 0 Å². The molecule has 2 aromatic rings. The van der Waals surface area contributed by atoms with Crippen molar-refractivity contribution in [2.75, 3.05) is 5.73 Å². The summed E-state index contributed by atoms with van der Waals surface area (Å²) in [6.07, 6.45) is 0. The summed E-state index contributed by atoms with van der Waals surface area (Å²) >= 11 is 8.13. The van der Waals surface area contributed by atoms with Gasteiger partial charge in [0.1, 0.15) is 0 Å². The smallest absolute Gasteiger partial charge is 0.176 e. The van der Waals surface area contributed by atoms with E-state index in [-0.39, 0.29) is 11.6 Å². The second-order valence-corrected chi connectivity index (χ2v) is 4.23. The zero-order chi connectivity index (χ0) is 12.7. The molecule has 0 aliphatic carbocycles. The van der Waals surface area contributed by atoms with E-state index in [1.807, 2.05) is 0 Å². The molecule has 0 fully saturated rings. The molecular weight excluding hydrogens is 324 g/mol. The van der Waals surface area contributed by atoms with Gasteiger partial charge in [0.25, 0.3) is 0 Å². The molecule has 0 amide bonds. The van der Waals surface area contributed by atoms with Crippen LogP contribution in [0, 0.1) is 17.5 Å². The summed E-state index contributed by atoms with van der Waals surface area (Å²) in [6, 6.07) is 1.11. The van der Waals surface area contributed by atoms with Gasteiger partial charge < -0.3 is 10.3 Å². The average Bonchev–Trinajstić information content (AvgIpc) is 2.71. The van der Waals surface area contributed by atoms with Crippen LogP contribution in [0.15, 0.2) is 15.1 Å². The van der Waals surface area contributed by atoms with E-state index in [0.717, 1.165) is 6.07 Å². The zero-order valence-electron chi connectivity index (χ0n) is 7.90. The summed E-state index contributed by atoms with van der Waals surface area (Å²) in [5, 5.41) is 2.66. The van der Waals surface area contributed by atoms with Crippen molar-refractivity contribution in [1.29, 1.82) is 0 Å². The molecule has 0 saturated heterocycles. The van der Waals surface area contributed by atoms with Gasteiger partial charge in [0.15, 0.2) is 29.0 Å². The number of nitrogens with two attached hydrogens (primary N) is 1. The molecular formula is C9H3BrClF3N2O. The number of nitrogen functional groups attached to an aromatic ring is 1. The molecule has 1 aromatic heterocycles. The zero-order valence-corrected chi connectivity index (χ0v) is 10.2. The van der Waals surface area contributed by atoms with E-state index in [9.17, 15) is 13.2 Å². The van der Waals surface area contributed by atoms with Crippen molar-refractivity contribution in [3.63, 3.8) is 0 Å². The van der Waals surface area contributed by atoms with Gasteiger partial charge in [0, 0.05) is 6.07 Å². The predicted octanol–water partition coefficient (Wildman–Crippen LogP) is 3.76. The van der Waals surface area contributed by atoms with E-state index < -0.39 is 32.5 Å². The number of nitrogens with zero attached hydrogens (tertiary/aromatic N) is 1. The molecule has 0 radical (unpaired) electrons. The maximum atomic E-state index is 13.6. The highest BCUT2D eigenvalue weighted by atomic mass is 79.9. The van der Waals surface area contributed by atoms with E-state index in [4.69, 9.17) is 17.3 Å². The maximum Gasteiger partial charge on any atom is 0.176 e. The first-order valence-electron chi connectivity index (χ1n) is 4.17. The first-order valence-corrected chi connectivity index (χ1v) is 5.34. The number of rotatable bonds is 1. The summed E-state index contributed by atoms with van der Waals surface area (Å²) in [5.41, 5.74) is 4.69. The van der Waals surface area contributed by atoms with Crippen LogP contribution in [-0.4, -0.2) is 5.16 Å². The molecule has 0 saturated carbocycles. The third kappa shape index (κ3) is 1.89. The van der Waals surface area contributed by atoms with Gasteiger partial charge in [0.05, 0.1) is 15.1 Å². The van der Waals surface area contributed by atoms with Crippen LogP contribution >= 0.6 is 27.5 Å². The van der Waals surface area contributed by atoms with Crippen molar-refractivity contribution in [3.05, 3.63) is 33.0 Å². The fraction of sp³-hybridized carbons (Fsp3) is 0. The quantitative estimate of drug-likeness (QED) is 0.641. The molecule has 0 spiro atoms. The van der Waals surface area contributed by atoms with Gasteiger partial charge in [-0.3, -0.25) is 0 Å². The minimum atomic E-state index is -1.41. The number of benzene rings is 1. The monoisotopic (exact) mass is 326 g/mol. The minimum Gasteiger partial charge on any atom is -0.381 e. The molecule has 2 rings (SSSR count). The molecule has 0 aliphatic heterocycles. The second-order valence-electron chi connectivity index (χ2n) is 3.06. The Balaban J connectivity index is 2.78. The Bertz CT molecular complexity index is 573. The molecule has 90 valence electrons. The Morgan fingerprint density at radius 1 is 1.24 bits per heavy atom. The van der Waals surface area contributed by atoms with E-state index in [2.05, 4.69) is 25.6 Å². The Kier molecular flexibility index (Phi) is 3.05. The second kappa shape index (κ2) is 4.23. The molecule has 0 bridgehead atoms. The van der Waals surface area contributed by atoms with Crippen LogP contribution in [-0.2, 0) is 0 Å². The molecule has 3 nitrogen and oxygen atoms in total. The van der Waals surface area contributed by atoms with Crippen molar-refractivity contribution in [2.45, 2.75) is 0 Å². The van der Waals surface area contributed by atoms with Crippen molar-refractivity contribution >= 4 is 33.3 Å². The van der Waals surface area contributed by atoms with E-state index >= 15 is 0 Å². The first-order chi connectivity index (χ1) is 7.93. The lowest BCUT2D eigenvalue weighted by Gasteiger charge is -2.06. The lowest BCUT2D eigenvalue weighted by Crippen LogP contribution is -1.96. The molecule has 8 heteroatoms. The summed E-state index contributed by atoms with van der Waals surface area (Å²) in [4.78, 5) is 0. The van der Waals surface area contributed by atoms with Crippen LogP contribution in [0.4, 0.5) is 19.0 Å². The van der Waals surface area contributed by atoms with Gasteiger partial charge in [-0.1, -0.05) is 16.8 Å². The summed E-state index contributed by atoms with van der Waals surface area (Å²) in [5.74, 6) is -4.19. The number of aromatic nitrogens is 1. The Morgan fingerprint density at radius 3 is 2.41 bits per heavy atom. The van der Waals surface area contributed by atoms with Gasteiger partial charge >= 0.3 is 0 Å². The third-order valence-corrected chi connectivity index (χ3v) is 3.04. The van der Waals surface area contributed by atoms with Gasteiger partial charge in [-0.05, 0) is 15.9 Å². The number of hydrogen-bond donors (Lipinski definition) is 1. The van der Waals surface area contributed by atoms with Crippen LogP contribution < -0.4 is 5.73 Å². The Hall–Kier alpha value is -1.21. The summed E-state index contributed by atoms with van der Waals surface area (Å²) in [6.45, 7) is 0. The normalized spacial score (nSPS) is 10.9. The largest absolute Gasteiger partial charge is 0.381 e. The van der Waals surface area contributed by atoms with Gasteiger partial charge in [0.2, 0.25) is 0 Å². The van der Waals surface area contributed by atoms with Crippen molar-refractivity contribution in [2.24, 2.45) is 0 Å². The standard InChI is InChI=1S/C9H3BrClF3N2O/c10-5-8(13)6(11)4(7(12)9(5)14)2-1-3(15)16-17-2/h1H,(H2,15,16). The van der Waals surface area contributed by atoms with Crippen LogP contribution in [0.5, 0.6) is 0 Å². The summed E-state index contributed by atoms with van der Waals surface area (Å²) in [7, 11) is 0. The average molecular weight is 327 g/mol. The predicted molar refractivity (Wildman–Crippen MR) is 58.9 cm³/mol.